The number of nitrogens with one attached hydrogen (secondary N) is 1. The first-order chi connectivity index (χ1) is 4.43. The van der Waals surface area contributed by atoms with Gasteiger partial charge in [-0.1, -0.05) is 0 Å². The molecule has 0 heterocycles. The summed E-state index contributed by atoms with van der Waals surface area (Å²) in [5.41, 5.74) is 1.12. The Morgan fingerprint density at radius 1 is 1.33 bits per heavy atom. The zero-order chi connectivity index (χ0) is 6.53. The molecule has 1 nitrogen and oxygen atoms in total. The molecule has 0 saturated carbocycles. The molecular formula is C7H9NV. The molecule has 0 fully saturated rings. The van der Waals surface area contributed by atoms with Crippen molar-refractivity contribution < 1.29 is 18.4 Å². The van der Waals surface area contributed by atoms with E-state index in [1.165, 1.54) is 0 Å². The molecule has 1 N–H and O–H groups in total. The van der Waals surface area contributed by atoms with Crippen molar-refractivity contribution in [2.24, 2.45) is 0 Å². The van der Waals surface area contributed by atoms with Gasteiger partial charge in [0.1, 0.15) is 0 Å². The Kier molecular flexibility index (Phi) is 2.56. The van der Waals surface area contributed by atoms with Gasteiger partial charge in [0.15, 0.2) is 0 Å². The third-order valence-corrected chi connectivity index (χ3v) is 1.21. The second-order valence-electron chi connectivity index (χ2n) is 1.64. The zero-order valence-corrected chi connectivity index (χ0v) is 6.31. The van der Waals surface area contributed by atoms with Gasteiger partial charge in [0, 0.05) is 1.43 Å². The number of benzene rings is 1. The van der Waals surface area contributed by atoms with Crippen LogP contribution in [0.15, 0.2) is 30.3 Å². The van der Waals surface area contributed by atoms with Crippen LogP contribution in [0, 0.1) is 0 Å². The van der Waals surface area contributed by atoms with Crippen LogP contribution in [-0.4, -0.2) is 4.85 Å². The van der Waals surface area contributed by atoms with Crippen molar-refractivity contribution in [2.45, 2.75) is 0 Å². The van der Waals surface area contributed by atoms with Crippen molar-refractivity contribution in [1.29, 1.82) is 0 Å². The molecule has 0 saturated heterocycles. The molecule has 1 aromatic rings. The van der Waals surface area contributed by atoms with Crippen LogP contribution in [0.4, 0.5) is 5.69 Å². The molecule has 9 heavy (non-hydrogen) atoms. The summed E-state index contributed by atoms with van der Waals surface area (Å²) in [6.07, 6.45) is 0. The zero-order valence-electron chi connectivity index (χ0n) is 4.91. The summed E-state index contributed by atoms with van der Waals surface area (Å²) in [4.78, 5) is 1.85. The molecule has 0 bridgehead atoms. The molecule has 0 aromatic heterocycles. The Morgan fingerprint density at radius 3 is 2.56 bits per heavy atom. The standard InChI is InChI=1S/C7H7N.V.H2/c1-8-7-5-3-2-4-6-7;;/h1-6,8H;;1H. The predicted molar refractivity (Wildman–Crippen MR) is 38.2 cm³/mol. The van der Waals surface area contributed by atoms with Crippen molar-refractivity contribution >= 4 is 10.5 Å². The molecule has 1 rings (SSSR count). The van der Waals surface area contributed by atoms with Gasteiger partial charge in [-0.25, -0.2) is 0 Å². The van der Waals surface area contributed by atoms with Crippen molar-refractivity contribution in [3.63, 3.8) is 0 Å². The van der Waals surface area contributed by atoms with E-state index in [9.17, 15) is 0 Å². The predicted octanol–water partition coefficient (Wildman–Crippen LogP) is 1.65. The molecule has 1 aromatic carbocycles. The van der Waals surface area contributed by atoms with E-state index in [-0.39, 0.29) is 1.43 Å². The molecule has 0 radical (unpaired) electrons. The summed E-state index contributed by atoms with van der Waals surface area (Å²) in [6.45, 7) is 0. The van der Waals surface area contributed by atoms with E-state index in [1.807, 2.05) is 35.2 Å². The second kappa shape index (κ2) is 3.49. The third kappa shape index (κ3) is 2.04. The van der Waals surface area contributed by atoms with E-state index >= 15 is 0 Å². The van der Waals surface area contributed by atoms with E-state index in [0.29, 0.717) is 0 Å². The average Bonchev–Trinajstić information content (AvgIpc) is 1.91. The van der Waals surface area contributed by atoms with Gasteiger partial charge in [-0.3, -0.25) is 0 Å². The maximum absolute atomic E-state index is 3.05. The molecular weight excluding hydrogens is 149 g/mol. The molecule has 2 heteroatoms. The molecule has 0 amide bonds. The van der Waals surface area contributed by atoms with Crippen LogP contribution in [0.2, 0.25) is 0 Å². The van der Waals surface area contributed by atoms with Gasteiger partial charge in [0.2, 0.25) is 0 Å². The maximum atomic E-state index is 3.05. The second-order valence-corrected chi connectivity index (χ2v) is 2.04. The fourth-order valence-electron chi connectivity index (χ4n) is 0.609. The minimum atomic E-state index is 0. The summed E-state index contributed by atoms with van der Waals surface area (Å²) in [7, 11) is 0. The Balaban J connectivity index is 0.000000810. The van der Waals surface area contributed by atoms with Crippen molar-refractivity contribution in [3.8, 4) is 0 Å². The van der Waals surface area contributed by atoms with Gasteiger partial charge >= 0.3 is 63.2 Å². The van der Waals surface area contributed by atoms with E-state index in [1.54, 1.807) is 0 Å². The minimum absolute atomic E-state index is 0. The average molecular weight is 158 g/mol. The van der Waals surface area contributed by atoms with Gasteiger partial charge in [-0.05, 0) is 0 Å². The number of hydrogen-bond donors (Lipinski definition) is 1. The molecule has 0 spiro atoms. The quantitative estimate of drug-likeness (QED) is 0.690. The van der Waals surface area contributed by atoms with Gasteiger partial charge < -0.3 is 0 Å². The normalized spacial score (nSPS) is 8.33. The molecule has 0 atom stereocenters. The van der Waals surface area contributed by atoms with Crippen LogP contribution >= 0.6 is 0 Å². The van der Waals surface area contributed by atoms with E-state index in [2.05, 4.69) is 22.3 Å². The summed E-state index contributed by atoms with van der Waals surface area (Å²) in [5, 5.41) is 3.05. The topological polar surface area (TPSA) is 12.0 Å². The Hall–Kier alpha value is -0.526. The first kappa shape index (κ1) is 6.59. The van der Waals surface area contributed by atoms with Crippen LogP contribution < -0.4 is 5.32 Å². The summed E-state index contributed by atoms with van der Waals surface area (Å²) >= 11 is 2.36. The van der Waals surface area contributed by atoms with Crippen molar-refractivity contribution in [1.82, 2.24) is 0 Å². The van der Waals surface area contributed by atoms with Gasteiger partial charge in [-0.15, -0.1) is 0 Å². The van der Waals surface area contributed by atoms with Crippen molar-refractivity contribution in [3.05, 3.63) is 30.3 Å². The molecule has 0 aliphatic heterocycles. The fourth-order valence-corrected chi connectivity index (χ4v) is 0.842. The van der Waals surface area contributed by atoms with Crippen LogP contribution in [-0.2, 0) is 17.0 Å². The van der Waals surface area contributed by atoms with E-state index in [0.717, 1.165) is 5.69 Å². The van der Waals surface area contributed by atoms with Gasteiger partial charge in [-0.2, -0.15) is 0 Å². The monoisotopic (exact) mass is 158 g/mol. The van der Waals surface area contributed by atoms with Gasteiger partial charge in [0.05, 0.1) is 0 Å². The van der Waals surface area contributed by atoms with Crippen LogP contribution in [0.3, 0.4) is 0 Å². The summed E-state index contributed by atoms with van der Waals surface area (Å²) < 4.78 is 0. The summed E-state index contributed by atoms with van der Waals surface area (Å²) in [6, 6.07) is 10.0. The number of rotatable bonds is 2. The molecule has 47 valence electrons. The van der Waals surface area contributed by atoms with Crippen LogP contribution in [0.1, 0.15) is 1.43 Å². The van der Waals surface area contributed by atoms with Gasteiger partial charge in [0.25, 0.3) is 0 Å². The van der Waals surface area contributed by atoms with E-state index < -0.39 is 0 Å². The molecule has 0 aliphatic carbocycles. The summed E-state index contributed by atoms with van der Waals surface area (Å²) in [5.74, 6) is 0. The first-order valence-corrected chi connectivity index (χ1v) is 3.51. The molecule has 0 aliphatic rings. The van der Waals surface area contributed by atoms with Crippen molar-refractivity contribution in [2.75, 3.05) is 5.32 Å². The number of hydrogen-bond acceptors (Lipinski definition) is 1. The fraction of sp³-hybridized carbons (Fsp3) is 0. The number of anilines is 1. The first-order valence-electron chi connectivity index (χ1n) is 2.71. The SMILES string of the molecule is [HH].[V]=[CH]Nc1ccccc1. The van der Waals surface area contributed by atoms with E-state index in [4.69, 9.17) is 0 Å². The number of para-hydroxylation sites is 1. The van der Waals surface area contributed by atoms with Crippen LogP contribution in [0.5, 0.6) is 0 Å². The molecule has 0 unspecified atom stereocenters. The van der Waals surface area contributed by atoms with Crippen LogP contribution in [0.25, 0.3) is 0 Å². The Bertz CT molecular complexity index is 188. The third-order valence-electron chi connectivity index (χ3n) is 1.01. The Labute approximate surface area is 65.1 Å². The Morgan fingerprint density at radius 2 is 2.00 bits per heavy atom.